The highest BCUT2D eigenvalue weighted by molar-refractivity contribution is 9.10. The Morgan fingerprint density at radius 2 is 1.95 bits per heavy atom. The third-order valence-electron chi connectivity index (χ3n) is 3.32. The van der Waals surface area contributed by atoms with E-state index in [-0.39, 0.29) is 11.9 Å². The number of hydrogen-bond acceptors (Lipinski definition) is 2. The largest absolute Gasteiger partial charge is 0.496 e. The molecule has 0 aromatic heterocycles. The number of benzene rings is 2. The minimum Gasteiger partial charge on any atom is -0.496 e. The van der Waals surface area contributed by atoms with E-state index in [0.29, 0.717) is 11.1 Å². The molecule has 1 unspecified atom stereocenters. The monoisotopic (exact) mass is 337 g/mol. The minimum absolute atomic E-state index is 0.186. The van der Waals surface area contributed by atoms with Crippen LogP contribution in [0.2, 0.25) is 0 Å². The van der Waals surface area contributed by atoms with Crippen LogP contribution in [0.15, 0.2) is 40.9 Å². The van der Waals surface area contributed by atoms with E-state index in [9.17, 15) is 4.39 Å². The summed E-state index contributed by atoms with van der Waals surface area (Å²) in [7, 11) is 3.43. The first-order valence-corrected chi connectivity index (χ1v) is 7.13. The van der Waals surface area contributed by atoms with Gasteiger partial charge in [-0.1, -0.05) is 34.1 Å². The Morgan fingerprint density at radius 3 is 2.60 bits per heavy atom. The van der Waals surface area contributed by atoms with Gasteiger partial charge in [-0.15, -0.1) is 0 Å². The third-order valence-corrected chi connectivity index (χ3v) is 3.82. The van der Waals surface area contributed by atoms with E-state index in [1.54, 1.807) is 26.2 Å². The fraction of sp³-hybridized carbons (Fsp3) is 0.250. The molecule has 2 aromatic carbocycles. The summed E-state index contributed by atoms with van der Waals surface area (Å²) < 4.78 is 20.7. The van der Waals surface area contributed by atoms with Crippen molar-refractivity contribution in [3.05, 3.63) is 63.4 Å². The zero-order valence-corrected chi connectivity index (χ0v) is 13.3. The number of aryl methyl sites for hydroxylation is 1. The van der Waals surface area contributed by atoms with E-state index < -0.39 is 0 Å². The maximum atomic E-state index is 14.4. The fourth-order valence-corrected chi connectivity index (χ4v) is 2.68. The van der Waals surface area contributed by atoms with E-state index in [1.165, 1.54) is 0 Å². The van der Waals surface area contributed by atoms with Gasteiger partial charge in [0.05, 0.1) is 13.2 Å². The Kier molecular flexibility index (Phi) is 4.78. The summed E-state index contributed by atoms with van der Waals surface area (Å²) in [5.74, 6) is 0.544. The van der Waals surface area contributed by atoms with E-state index in [2.05, 4.69) is 21.2 Å². The van der Waals surface area contributed by atoms with Crippen LogP contribution >= 0.6 is 15.9 Å². The van der Waals surface area contributed by atoms with Crippen LogP contribution in [0.3, 0.4) is 0 Å². The predicted octanol–water partition coefficient (Wildman–Crippen LogP) is 4.21. The number of methoxy groups -OCH3 is 1. The van der Waals surface area contributed by atoms with Gasteiger partial charge in [0.15, 0.2) is 0 Å². The molecule has 0 bridgehead atoms. The van der Waals surface area contributed by atoms with Gasteiger partial charge >= 0.3 is 0 Å². The van der Waals surface area contributed by atoms with Gasteiger partial charge < -0.3 is 10.1 Å². The SMILES string of the molecule is CNC(c1cc(Br)ccc1OC)c1cccc(C)c1F. The van der Waals surface area contributed by atoms with E-state index in [0.717, 1.165) is 15.8 Å². The molecular weight excluding hydrogens is 321 g/mol. The number of rotatable bonds is 4. The highest BCUT2D eigenvalue weighted by Crippen LogP contribution is 2.33. The Morgan fingerprint density at radius 1 is 1.20 bits per heavy atom. The van der Waals surface area contributed by atoms with Crippen molar-refractivity contribution >= 4 is 15.9 Å². The highest BCUT2D eigenvalue weighted by Gasteiger charge is 2.20. The number of ether oxygens (including phenoxy) is 1. The lowest BCUT2D eigenvalue weighted by Gasteiger charge is -2.21. The Balaban J connectivity index is 2.58. The lowest BCUT2D eigenvalue weighted by molar-refractivity contribution is 0.404. The first kappa shape index (κ1) is 15.0. The van der Waals surface area contributed by atoms with Gasteiger partial charge in [-0.25, -0.2) is 4.39 Å². The maximum Gasteiger partial charge on any atom is 0.131 e. The van der Waals surface area contributed by atoms with Crippen LogP contribution in [0.5, 0.6) is 5.75 Å². The molecule has 0 amide bonds. The van der Waals surface area contributed by atoms with Crippen LogP contribution in [-0.2, 0) is 0 Å². The van der Waals surface area contributed by atoms with E-state index >= 15 is 0 Å². The summed E-state index contributed by atoms with van der Waals surface area (Å²) in [5, 5.41) is 3.16. The smallest absolute Gasteiger partial charge is 0.131 e. The van der Waals surface area contributed by atoms with Crippen LogP contribution in [0.4, 0.5) is 4.39 Å². The van der Waals surface area contributed by atoms with Crippen molar-refractivity contribution in [2.75, 3.05) is 14.2 Å². The van der Waals surface area contributed by atoms with E-state index in [1.807, 2.05) is 31.3 Å². The van der Waals surface area contributed by atoms with Gasteiger partial charge in [-0.2, -0.15) is 0 Å². The quantitative estimate of drug-likeness (QED) is 0.902. The molecule has 0 saturated heterocycles. The second kappa shape index (κ2) is 6.37. The average Bonchev–Trinajstić information content (AvgIpc) is 2.44. The molecule has 1 atom stereocenters. The lowest BCUT2D eigenvalue weighted by atomic mass is 9.96. The molecule has 0 aliphatic rings. The van der Waals surface area contributed by atoms with Gasteiger partial charge in [-0.3, -0.25) is 0 Å². The number of halogens is 2. The fourth-order valence-electron chi connectivity index (χ4n) is 2.30. The topological polar surface area (TPSA) is 21.3 Å². The second-order valence-corrected chi connectivity index (χ2v) is 5.50. The molecule has 0 aliphatic carbocycles. The first-order valence-electron chi connectivity index (χ1n) is 6.34. The molecule has 1 N–H and O–H groups in total. The summed E-state index contributed by atoms with van der Waals surface area (Å²) in [6.07, 6.45) is 0. The minimum atomic E-state index is -0.262. The summed E-state index contributed by atoms with van der Waals surface area (Å²) >= 11 is 3.45. The Bertz CT molecular complexity index is 615. The first-order chi connectivity index (χ1) is 9.58. The molecule has 4 heteroatoms. The molecule has 106 valence electrons. The van der Waals surface area contributed by atoms with Crippen molar-refractivity contribution in [1.29, 1.82) is 0 Å². The molecule has 0 spiro atoms. The van der Waals surface area contributed by atoms with Gasteiger partial charge in [0, 0.05) is 15.6 Å². The molecule has 2 aromatic rings. The molecule has 0 fully saturated rings. The maximum absolute atomic E-state index is 14.4. The van der Waals surface area contributed by atoms with Gasteiger partial charge in [-0.05, 0) is 37.7 Å². The van der Waals surface area contributed by atoms with Crippen LogP contribution < -0.4 is 10.1 Å². The van der Waals surface area contributed by atoms with Crippen molar-refractivity contribution < 1.29 is 9.13 Å². The zero-order valence-electron chi connectivity index (χ0n) is 11.7. The van der Waals surface area contributed by atoms with Crippen molar-refractivity contribution in [3.63, 3.8) is 0 Å². The standard InChI is InChI=1S/C16H17BrFNO/c1-10-5-4-6-12(15(10)18)16(19-2)13-9-11(17)7-8-14(13)20-3/h4-9,16,19H,1-3H3. The third kappa shape index (κ3) is 2.86. The predicted molar refractivity (Wildman–Crippen MR) is 82.7 cm³/mol. The van der Waals surface area contributed by atoms with Gasteiger partial charge in [0.2, 0.25) is 0 Å². The lowest BCUT2D eigenvalue weighted by Crippen LogP contribution is -2.20. The number of nitrogens with one attached hydrogen (secondary N) is 1. The molecule has 2 rings (SSSR count). The van der Waals surface area contributed by atoms with Crippen LogP contribution in [0, 0.1) is 12.7 Å². The highest BCUT2D eigenvalue weighted by atomic mass is 79.9. The Labute approximate surface area is 127 Å². The zero-order chi connectivity index (χ0) is 14.7. The van der Waals surface area contributed by atoms with Crippen LogP contribution in [0.25, 0.3) is 0 Å². The van der Waals surface area contributed by atoms with Crippen molar-refractivity contribution in [3.8, 4) is 5.75 Å². The molecule has 0 saturated carbocycles. The second-order valence-electron chi connectivity index (χ2n) is 4.59. The molecule has 20 heavy (non-hydrogen) atoms. The summed E-state index contributed by atoms with van der Waals surface area (Å²) in [6.45, 7) is 1.77. The molecule has 2 nitrogen and oxygen atoms in total. The normalized spacial score (nSPS) is 12.2. The van der Waals surface area contributed by atoms with Gasteiger partial charge in [0.1, 0.15) is 11.6 Å². The van der Waals surface area contributed by atoms with Gasteiger partial charge in [0.25, 0.3) is 0 Å². The molecule has 0 aliphatic heterocycles. The molecular formula is C16H17BrFNO. The summed E-state index contributed by atoms with van der Waals surface area (Å²) in [5.41, 5.74) is 2.15. The summed E-state index contributed by atoms with van der Waals surface area (Å²) in [4.78, 5) is 0. The average molecular weight is 338 g/mol. The van der Waals surface area contributed by atoms with Crippen molar-refractivity contribution in [2.45, 2.75) is 13.0 Å². The number of hydrogen-bond donors (Lipinski definition) is 1. The van der Waals surface area contributed by atoms with E-state index in [4.69, 9.17) is 4.74 Å². The molecule has 0 heterocycles. The van der Waals surface area contributed by atoms with Crippen molar-refractivity contribution in [1.82, 2.24) is 5.32 Å². The Hall–Kier alpha value is -1.39. The summed E-state index contributed by atoms with van der Waals surface area (Å²) in [6, 6.07) is 10.9. The molecule has 0 radical (unpaired) electrons. The van der Waals surface area contributed by atoms with Crippen LogP contribution in [-0.4, -0.2) is 14.2 Å². The van der Waals surface area contributed by atoms with Crippen molar-refractivity contribution in [2.24, 2.45) is 0 Å². The van der Waals surface area contributed by atoms with Crippen LogP contribution in [0.1, 0.15) is 22.7 Å².